The van der Waals surface area contributed by atoms with Crippen LogP contribution < -0.4 is 0 Å². The first kappa shape index (κ1) is 14.1. The van der Waals surface area contributed by atoms with Crippen LogP contribution in [-0.4, -0.2) is 25.8 Å². The molecular weight excluding hydrogens is 240 g/mol. The molecule has 104 valence electrons. The maximum absolute atomic E-state index is 12.4. The van der Waals surface area contributed by atoms with Gasteiger partial charge in [0.1, 0.15) is 5.41 Å². The van der Waals surface area contributed by atoms with Crippen LogP contribution in [-0.2, 0) is 19.7 Å². The topological polar surface area (TPSA) is 35.5 Å². The van der Waals surface area contributed by atoms with Crippen molar-refractivity contribution in [1.82, 2.24) is 0 Å². The summed E-state index contributed by atoms with van der Waals surface area (Å²) in [6.07, 6.45) is 2.63. The van der Waals surface area contributed by atoms with Crippen LogP contribution >= 0.6 is 0 Å². The average molecular weight is 262 g/mol. The van der Waals surface area contributed by atoms with Crippen LogP contribution in [0.15, 0.2) is 24.3 Å². The Labute approximate surface area is 114 Å². The molecular formula is C16H22O3. The molecule has 1 fully saturated rings. The molecule has 0 radical (unpaired) electrons. The molecule has 0 bridgehead atoms. The Morgan fingerprint density at radius 1 is 1.37 bits per heavy atom. The second-order valence-corrected chi connectivity index (χ2v) is 5.17. The number of rotatable bonds is 4. The van der Waals surface area contributed by atoms with Crippen LogP contribution in [0.1, 0.15) is 37.3 Å². The summed E-state index contributed by atoms with van der Waals surface area (Å²) in [6, 6.07) is 8.15. The monoisotopic (exact) mass is 262 g/mol. The molecule has 1 saturated carbocycles. The van der Waals surface area contributed by atoms with E-state index in [0.29, 0.717) is 6.61 Å². The fourth-order valence-corrected chi connectivity index (χ4v) is 3.12. The van der Waals surface area contributed by atoms with Gasteiger partial charge in [-0.25, -0.2) is 0 Å². The minimum absolute atomic E-state index is 0.0762. The maximum Gasteiger partial charge on any atom is 0.318 e. The Balaban J connectivity index is 2.45. The van der Waals surface area contributed by atoms with Crippen molar-refractivity contribution in [1.29, 1.82) is 0 Å². The summed E-state index contributed by atoms with van der Waals surface area (Å²) in [7, 11) is 1.46. The van der Waals surface area contributed by atoms with Crippen molar-refractivity contribution in [2.24, 2.45) is 0 Å². The van der Waals surface area contributed by atoms with E-state index in [1.807, 2.05) is 38.1 Å². The normalized spacial score (nSPS) is 26.4. The molecule has 1 aromatic carbocycles. The summed E-state index contributed by atoms with van der Waals surface area (Å²) in [6.45, 7) is 4.63. The zero-order valence-electron chi connectivity index (χ0n) is 11.9. The highest BCUT2D eigenvalue weighted by Crippen LogP contribution is 2.44. The number of esters is 1. The van der Waals surface area contributed by atoms with Gasteiger partial charge in [-0.3, -0.25) is 4.79 Å². The summed E-state index contributed by atoms with van der Waals surface area (Å²) >= 11 is 0. The van der Waals surface area contributed by atoms with Gasteiger partial charge < -0.3 is 9.47 Å². The zero-order valence-corrected chi connectivity index (χ0v) is 11.9. The minimum Gasteiger partial charge on any atom is -0.468 e. The van der Waals surface area contributed by atoms with E-state index in [9.17, 15) is 4.79 Å². The van der Waals surface area contributed by atoms with E-state index in [1.54, 1.807) is 0 Å². The lowest BCUT2D eigenvalue weighted by Crippen LogP contribution is -2.45. The SMILES string of the molecule is CCOC1CCCC1(C(=O)OC)c1ccc(C)cc1. The average Bonchev–Trinajstić information content (AvgIpc) is 2.84. The van der Waals surface area contributed by atoms with Gasteiger partial charge >= 0.3 is 5.97 Å². The van der Waals surface area contributed by atoms with E-state index in [-0.39, 0.29) is 12.1 Å². The Morgan fingerprint density at radius 3 is 2.63 bits per heavy atom. The number of benzene rings is 1. The molecule has 2 unspecified atom stereocenters. The van der Waals surface area contributed by atoms with Crippen molar-refractivity contribution in [3.05, 3.63) is 35.4 Å². The maximum atomic E-state index is 12.4. The minimum atomic E-state index is -0.627. The van der Waals surface area contributed by atoms with Crippen LogP contribution in [0.25, 0.3) is 0 Å². The van der Waals surface area contributed by atoms with Gasteiger partial charge in [0.2, 0.25) is 0 Å². The van der Waals surface area contributed by atoms with Crippen LogP contribution in [0.2, 0.25) is 0 Å². The molecule has 0 saturated heterocycles. The van der Waals surface area contributed by atoms with Crippen molar-refractivity contribution in [2.75, 3.05) is 13.7 Å². The van der Waals surface area contributed by atoms with E-state index < -0.39 is 5.41 Å². The molecule has 0 aliphatic heterocycles. The first-order valence-electron chi connectivity index (χ1n) is 6.92. The molecule has 0 heterocycles. The number of ether oxygens (including phenoxy) is 2. The predicted octanol–water partition coefficient (Wildman–Crippen LogP) is 2.99. The number of carbonyl (C=O) groups is 1. The largest absolute Gasteiger partial charge is 0.468 e. The number of methoxy groups -OCH3 is 1. The highest BCUT2D eigenvalue weighted by Gasteiger charge is 2.52. The van der Waals surface area contributed by atoms with Crippen LogP contribution in [0.5, 0.6) is 0 Å². The zero-order chi connectivity index (χ0) is 13.9. The van der Waals surface area contributed by atoms with Gasteiger partial charge in [-0.05, 0) is 38.7 Å². The molecule has 1 aromatic rings. The molecule has 0 amide bonds. The molecule has 19 heavy (non-hydrogen) atoms. The van der Waals surface area contributed by atoms with Gasteiger partial charge in [0.05, 0.1) is 13.2 Å². The van der Waals surface area contributed by atoms with Gasteiger partial charge in [-0.15, -0.1) is 0 Å². The third kappa shape index (κ3) is 2.39. The summed E-state index contributed by atoms with van der Waals surface area (Å²) in [4.78, 5) is 12.4. The fourth-order valence-electron chi connectivity index (χ4n) is 3.12. The molecule has 2 atom stereocenters. The molecule has 3 nitrogen and oxygen atoms in total. The second kappa shape index (κ2) is 5.74. The van der Waals surface area contributed by atoms with Gasteiger partial charge in [-0.1, -0.05) is 29.8 Å². The van der Waals surface area contributed by atoms with Crippen molar-refractivity contribution >= 4 is 5.97 Å². The first-order valence-corrected chi connectivity index (χ1v) is 6.92. The number of aryl methyl sites for hydroxylation is 1. The van der Waals surface area contributed by atoms with Crippen molar-refractivity contribution in [3.63, 3.8) is 0 Å². The smallest absolute Gasteiger partial charge is 0.318 e. The van der Waals surface area contributed by atoms with Crippen LogP contribution in [0, 0.1) is 6.92 Å². The van der Waals surface area contributed by atoms with Gasteiger partial charge in [-0.2, -0.15) is 0 Å². The summed E-state index contributed by atoms with van der Waals surface area (Å²) in [5, 5.41) is 0. The third-order valence-corrected chi connectivity index (χ3v) is 4.07. The summed E-state index contributed by atoms with van der Waals surface area (Å²) in [5.74, 6) is -0.174. The highest BCUT2D eigenvalue weighted by atomic mass is 16.5. The third-order valence-electron chi connectivity index (χ3n) is 4.07. The molecule has 3 heteroatoms. The molecule has 1 aliphatic carbocycles. The lowest BCUT2D eigenvalue weighted by Gasteiger charge is -2.33. The second-order valence-electron chi connectivity index (χ2n) is 5.17. The van der Waals surface area contributed by atoms with E-state index in [2.05, 4.69) is 0 Å². The summed E-state index contributed by atoms with van der Waals surface area (Å²) < 4.78 is 10.9. The highest BCUT2D eigenvalue weighted by molar-refractivity contribution is 5.84. The lowest BCUT2D eigenvalue weighted by molar-refractivity contribution is -0.153. The molecule has 0 spiro atoms. The Bertz CT molecular complexity index is 438. The van der Waals surface area contributed by atoms with Crippen LogP contribution in [0.3, 0.4) is 0 Å². The fraction of sp³-hybridized carbons (Fsp3) is 0.562. The Hall–Kier alpha value is -1.35. The van der Waals surface area contributed by atoms with Gasteiger partial charge in [0.15, 0.2) is 0 Å². The molecule has 0 aromatic heterocycles. The predicted molar refractivity (Wildman–Crippen MR) is 74.1 cm³/mol. The molecule has 1 aliphatic rings. The van der Waals surface area contributed by atoms with Crippen molar-refractivity contribution < 1.29 is 14.3 Å². The van der Waals surface area contributed by atoms with Gasteiger partial charge in [0.25, 0.3) is 0 Å². The molecule has 2 rings (SSSR count). The van der Waals surface area contributed by atoms with E-state index in [4.69, 9.17) is 9.47 Å². The van der Waals surface area contributed by atoms with E-state index in [0.717, 1.165) is 24.8 Å². The van der Waals surface area contributed by atoms with Crippen molar-refractivity contribution in [3.8, 4) is 0 Å². The standard InChI is InChI=1S/C16H22O3/c1-4-19-14-6-5-11-16(14,15(17)18-3)13-9-7-12(2)8-10-13/h7-10,14H,4-6,11H2,1-3H3. The van der Waals surface area contributed by atoms with Crippen LogP contribution in [0.4, 0.5) is 0 Å². The Morgan fingerprint density at radius 2 is 2.05 bits per heavy atom. The van der Waals surface area contributed by atoms with E-state index >= 15 is 0 Å². The van der Waals surface area contributed by atoms with E-state index in [1.165, 1.54) is 12.7 Å². The number of hydrogen-bond acceptors (Lipinski definition) is 3. The first-order chi connectivity index (χ1) is 9.15. The number of hydrogen-bond donors (Lipinski definition) is 0. The molecule has 0 N–H and O–H groups in total. The Kier molecular flexibility index (Phi) is 4.25. The quantitative estimate of drug-likeness (QED) is 0.782. The lowest BCUT2D eigenvalue weighted by atomic mass is 9.76. The van der Waals surface area contributed by atoms with Crippen molar-refractivity contribution in [2.45, 2.75) is 44.6 Å². The van der Waals surface area contributed by atoms with Gasteiger partial charge in [0, 0.05) is 6.61 Å². The summed E-state index contributed by atoms with van der Waals surface area (Å²) in [5.41, 5.74) is 1.58. The number of carbonyl (C=O) groups excluding carboxylic acids is 1.